The number of fused-ring (bicyclic) bond motifs is 6. The van der Waals surface area contributed by atoms with Crippen molar-refractivity contribution in [2.75, 3.05) is 4.90 Å². The maximum atomic E-state index is 9.72. The number of furan rings is 1. The summed E-state index contributed by atoms with van der Waals surface area (Å²) in [6, 6.07) is 38.0. The van der Waals surface area contributed by atoms with Crippen molar-refractivity contribution >= 4 is 60.5 Å². The molecule has 0 saturated carbocycles. The van der Waals surface area contributed by atoms with Crippen LogP contribution in [0.3, 0.4) is 0 Å². The second-order valence-corrected chi connectivity index (χ2v) is 13.9. The molecule has 0 aliphatic heterocycles. The zero-order valence-electron chi connectivity index (χ0n) is 43.7. The molecule has 0 aliphatic carbocycles. The van der Waals surface area contributed by atoms with Gasteiger partial charge in [0.15, 0.2) is 0 Å². The molecule has 0 atom stereocenters. The smallest absolute Gasteiger partial charge is 0.143 e. The molecule has 11 rings (SSSR count). The molecular formula is C56H37NO. The Morgan fingerprint density at radius 1 is 0.362 bits per heavy atom. The monoisotopic (exact) mass is 752 g/mol. The molecule has 0 radical (unpaired) electrons. The summed E-state index contributed by atoms with van der Waals surface area (Å²) >= 11 is 0. The lowest BCUT2D eigenvalue weighted by Gasteiger charge is -2.28. The summed E-state index contributed by atoms with van der Waals surface area (Å²) in [5.74, 6) is 0. The Hall–Kier alpha value is -7.68. The van der Waals surface area contributed by atoms with Crippen LogP contribution in [-0.4, -0.2) is 0 Å². The Bertz CT molecular complexity index is 3960. The highest BCUT2D eigenvalue weighted by Crippen LogP contribution is 2.44. The standard InChI is InChI=1S/C56H37NO/c1-2-11-38(12-3-1)39-21-23-40(24-22-39)41-25-31-46(32-26-41)57(47-33-27-44(28-34-47)49-19-10-15-42-13-4-6-16-48(42)49)54-20-9-8-17-50(54)45-30-36-55-53(37-45)52-35-29-43-14-5-7-18-51(43)56(52)58-55/h1-37H/i1D,2D,3D,11D,12D,21D,22D,23D,24D,25D,26D,31D,32D. The van der Waals surface area contributed by atoms with Crippen LogP contribution in [0.15, 0.2) is 229 Å². The van der Waals surface area contributed by atoms with Gasteiger partial charge in [0.25, 0.3) is 0 Å². The van der Waals surface area contributed by atoms with Crippen LogP contribution in [0, 0.1) is 0 Å². The number of para-hydroxylation sites is 1. The molecule has 0 unspecified atom stereocenters. The molecule has 1 aromatic heterocycles. The van der Waals surface area contributed by atoms with Gasteiger partial charge in [0, 0.05) is 33.1 Å². The average Bonchev–Trinajstić information content (AvgIpc) is 3.78. The van der Waals surface area contributed by atoms with Crippen LogP contribution in [0.5, 0.6) is 0 Å². The van der Waals surface area contributed by atoms with E-state index in [2.05, 4.69) is 12.1 Å². The minimum Gasteiger partial charge on any atom is -0.455 e. The minimum atomic E-state index is -0.780. The van der Waals surface area contributed by atoms with Crippen molar-refractivity contribution in [3.8, 4) is 44.5 Å². The molecule has 272 valence electrons. The molecule has 0 bridgehead atoms. The highest BCUT2D eigenvalue weighted by Gasteiger charge is 2.19. The van der Waals surface area contributed by atoms with E-state index in [1.165, 1.54) is 0 Å². The van der Waals surface area contributed by atoms with Crippen molar-refractivity contribution in [3.63, 3.8) is 0 Å². The topological polar surface area (TPSA) is 16.4 Å². The molecule has 2 heteroatoms. The normalized spacial score (nSPS) is 14.6. The van der Waals surface area contributed by atoms with E-state index in [0.29, 0.717) is 22.5 Å². The third-order valence-corrected chi connectivity index (χ3v) is 10.5. The molecule has 0 fully saturated rings. The van der Waals surface area contributed by atoms with Gasteiger partial charge in [-0.2, -0.15) is 0 Å². The zero-order chi connectivity index (χ0) is 49.7. The van der Waals surface area contributed by atoms with E-state index in [1.807, 2.05) is 133 Å². The fourth-order valence-electron chi connectivity index (χ4n) is 7.72. The van der Waals surface area contributed by atoms with E-state index in [-0.39, 0.29) is 5.69 Å². The zero-order valence-corrected chi connectivity index (χ0v) is 30.7. The Morgan fingerprint density at radius 2 is 0.948 bits per heavy atom. The van der Waals surface area contributed by atoms with Crippen LogP contribution in [0.25, 0.3) is 88.0 Å². The summed E-state index contributed by atoms with van der Waals surface area (Å²) in [7, 11) is 0. The predicted octanol–water partition coefficient (Wildman–Crippen LogP) is 16.0. The van der Waals surface area contributed by atoms with E-state index in [4.69, 9.17) is 16.8 Å². The van der Waals surface area contributed by atoms with Gasteiger partial charge >= 0.3 is 0 Å². The third-order valence-electron chi connectivity index (χ3n) is 10.5. The highest BCUT2D eigenvalue weighted by atomic mass is 16.3. The second-order valence-electron chi connectivity index (χ2n) is 13.9. The van der Waals surface area contributed by atoms with Crippen LogP contribution in [-0.2, 0) is 0 Å². The minimum absolute atomic E-state index is 0.151. The van der Waals surface area contributed by atoms with Crippen molar-refractivity contribution in [2.24, 2.45) is 0 Å². The van der Waals surface area contributed by atoms with Gasteiger partial charge in [-0.1, -0.05) is 176 Å². The van der Waals surface area contributed by atoms with Crippen LogP contribution < -0.4 is 4.90 Å². The number of hydrogen-bond acceptors (Lipinski definition) is 2. The largest absolute Gasteiger partial charge is 0.455 e. The maximum Gasteiger partial charge on any atom is 0.143 e. The van der Waals surface area contributed by atoms with Crippen LogP contribution >= 0.6 is 0 Å². The van der Waals surface area contributed by atoms with Gasteiger partial charge in [0.05, 0.1) is 23.5 Å². The summed E-state index contributed by atoms with van der Waals surface area (Å²) in [6.07, 6.45) is 0. The molecule has 11 aromatic rings. The van der Waals surface area contributed by atoms with Gasteiger partial charge in [0.2, 0.25) is 0 Å². The second kappa shape index (κ2) is 14.1. The quantitative estimate of drug-likeness (QED) is 0.161. The fraction of sp³-hybridized carbons (Fsp3) is 0. The van der Waals surface area contributed by atoms with E-state index in [1.54, 1.807) is 4.90 Å². The van der Waals surface area contributed by atoms with Gasteiger partial charge in [-0.25, -0.2) is 0 Å². The first-order chi connectivity index (χ1) is 34.2. The molecule has 2 nitrogen and oxygen atoms in total. The lowest BCUT2D eigenvalue weighted by Crippen LogP contribution is -2.11. The van der Waals surface area contributed by atoms with Crippen molar-refractivity contribution in [3.05, 3.63) is 224 Å². The molecule has 0 aliphatic rings. The SMILES string of the molecule is [2H]c1c([2H])c([2H])c(-c2c([2H])c([2H])c(-c3c([2H])c([2H])c(N(c4ccc(-c5cccc6ccccc56)cc4)c4ccccc4-c4ccc5oc6c7ccccc7ccc6c5c4)c([2H])c3[2H])c([2H])c2[2H])c([2H])c1[2H]. The first-order valence-corrected chi connectivity index (χ1v) is 18.8. The number of anilines is 3. The molecule has 0 saturated heterocycles. The van der Waals surface area contributed by atoms with Crippen molar-refractivity contribution in [1.82, 2.24) is 0 Å². The molecular weight excluding hydrogens is 703 g/mol. The molecule has 58 heavy (non-hydrogen) atoms. The van der Waals surface area contributed by atoms with Crippen LogP contribution in [0.2, 0.25) is 0 Å². The van der Waals surface area contributed by atoms with Crippen molar-refractivity contribution in [1.29, 1.82) is 0 Å². The van der Waals surface area contributed by atoms with Crippen molar-refractivity contribution < 1.29 is 22.2 Å². The van der Waals surface area contributed by atoms with E-state index in [9.17, 15) is 5.48 Å². The number of rotatable bonds is 7. The summed E-state index contributed by atoms with van der Waals surface area (Å²) in [6.45, 7) is 0. The number of hydrogen-bond donors (Lipinski definition) is 0. The van der Waals surface area contributed by atoms with E-state index in [0.717, 1.165) is 54.6 Å². The third kappa shape index (κ3) is 5.91. The number of nitrogens with zero attached hydrogens (tertiary/aromatic N) is 1. The van der Waals surface area contributed by atoms with Gasteiger partial charge < -0.3 is 9.32 Å². The lowest BCUT2D eigenvalue weighted by molar-refractivity contribution is 0.672. The molecule has 0 N–H and O–H groups in total. The fourth-order valence-corrected chi connectivity index (χ4v) is 7.72. The summed E-state index contributed by atoms with van der Waals surface area (Å²) < 4.78 is 123. The van der Waals surface area contributed by atoms with Crippen molar-refractivity contribution in [2.45, 2.75) is 0 Å². The summed E-state index contributed by atoms with van der Waals surface area (Å²) in [5.41, 5.74) is 3.49. The van der Waals surface area contributed by atoms with Gasteiger partial charge in [0.1, 0.15) is 11.2 Å². The van der Waals surface area contributed by atoms with Gasteiger partial charge in [-0.15, -0.1) is 0 Å². The Balaban J connectivity index is 1.12. The summed E-state index contributed by atoms with van der Waals surface area (Å²) in [5, 5.41) is 5.92. The Labute approximate surface area is 355 Å². The number of benzene rings is 10. The molecule has 10 aromatic carbocycles. The van der Waals surface area contributed by atoms with Gasteiger partial charge in [-0.3, -0.25) is 0 Å². The Kier molecular flexibility index (Phi) is 5.54. The highest BCUT2D eigenvalue weighted by molar-refractivity contribution is 6.15. The predicted molar refractivity (Wildman–Crippen MR) is 245 cm³/mol. The van der Waals surface area contributed by atoms with Crippen LogP contribution in [0.4, 0.5) is 17.1 Å². The lowest BCUT2D eigenvalue weighted by atomic mass is 9.97. The Morgan fingerprint density at radius 3 is 1.71 bits per heavy atom. The maximum absolute atomic E-state index is 9.72. The summed E-state index contributed by atoms with van der Waals surface area (Å²) in [4.78, 5) is 1.66. The molecule has 0 spiro atoms. The van der Waals surface area contributed by atoms with Gasteiger partial charge in [-0.05, 0) is 104 Å². The molecule has 0 amide bonds. The molecule has 1 heterocycles. The average molecular weight is 753 g/mol. The first-order valence-electron chi connectivity index (χ1n) is 25.3. The first kappa shape index (κ1) is 22.8. The van der Waals surface area contributed by atoms with Crippen LogP contribution in [0.1, 0.15) is 17.8 Å². The van der Waals surface area contributed by atoms with E-state index < -0.39 is 101 Å². The van der Waals surface area contributed by atoms with E-state index >= 15 is 0 Å².